The summed E-state index contributed by atoms with van der Waals surface area (Å²) in [5.41, 5.74) is 5.30. The second-order valence-corrected chi connectivity index (χ2v) is 11.4. The molecule has 3 aromatic rings. The molecule has 1 saturated heterocycles. The lowest BCUT2D eigenvalue weighted by Gasteiger charge is -2.31. The first kappa shape index (κ1) is 34.2. The van der Waals surface area contributed by atoms with Crippen molar-refractivity contribution < 1.29 is 4.79 Å². The predicted molar refractivity (Wildman–Crippen MR) is 178 cm³/mol. The topological polar surface area (TPSA) is 68.4 Å². The molecule has 1 aromatic heterocycles. The fourth-order valence-electron chi connectivity index (χ4n) is 4.61. The van der Waals surface area contributed by atoms with Crippen molar-refractivity contribution in [1.82, 2.24) is 20.1 Å². The van der Waals surface area contributed by atoms with E-state index in [1.807, 2.05) is 12.1 Å². The molecule has 1 fully saturated rings. The number of nitrogens with one attached hydrogen (secondary N) is 2. The Bertz CT molecular complexity index is 1280. The number of fused-ring (bicyclic) bond motifs is 1. The number of piperidine rings is 1. The Kier molecular flexibility index (Phi) is 15.3. The molecule has 7 heteroatoms. The summed E-state index contributed by atoms with van der Waals surface area (Å²) in [4.78, 5) is 30.1. The van der Waals surface area contributed by atoms with Gasteiger partial charge in [-0.2, -0.15) is 0 Å². The molecule has 2 heterocycles. The molecule has 0 spiro atoms. The van der Waals surface area contributed by atoms with Crippen molar-refractivity contribution in [3.63, 3.8) is 0 Å². The number of H-pyrrole nitrogens is 1. The number of likely N-dealkylation sites (tertiary alicyclic amines) is 1. The van der Waals surface area contributed by atoms with Gasteiger partial charge in [0.1, 0.15) is 5.78 Å². The van der Waals surface area contributed by atoms with Gasteiger partial charge in [0.15, 0.2) is 5.11 Å². The minimum absolute atomic E-state index is 0.0363. The van der Waals surface area contributed by atoms with Crippen LogP contribution in [0.5, 0.6) is 0 Å². The highest BCUT2D eigenvalue weighted by atomic mass is 32.1. The number of benzene rings is 2. The average Bonchev–Trinajstić information content (AvgIpc) is 2.93. The van der Waals surface area contributed by atoms with E-state index in [0.717, 1.165) is 55.6 Å². The van der Waals surface area contributed by atoms with E-state index >= 15 is 0 Å². The van der Waals surface area contributed by atoms with Crippen molar-refractivity contribution >= 4 is 34.0 Å². The number of pyridine rings is 1. The molecule has 0 atom stereocenters. The first-order valence-corrected chi connectivity index (χ1v) is 15.4. The van der Waals surface area contributed by atoms with Gasteiger partial charge in [-0.05, 0) is 113 Å². The number of hydrogen-bond donors (Lipinski definition) is 2. The van der Waals surface area contributed by atoms with Crippen molar-refractivity contribution in [2.24, 2.45) is 0 Å². The third-order valence-corrected chi connectivity index (χ3v) is 7.25. The normalized spacial score (nSPS) is 12.9. The van der Waals surface area contributed by atoms with E-state index in [0.29, 0.717) is 11.7 Å². The SMILES string of the molecule is CC(C)=O.CCC.Cc1cc2cc(CN(CCN3CCCCC3)C(=S)NCCc3ccccc3)c(=O)[nH]c2cc1C. The molecular weight excluding hydrogens is 528 g/mol. The Balaban J connectivity index is 0.000000759. The number of aromatic amines is 1. The lowest BCUT2D eigenvalue weighted by molar-refractivity contribution is -0.114. The second kappa shape index (κ2) is 18.4. The van der Waals surface area contributed by atoms with E-state index in [9.17, 15) is 9.59 Å². The fraction of sp³-hybridized carbons (Fsp3) is 0.500. The number of thiocarbonyl (C=S) groups is 1. The summed E-state index contributed by atoms with van der Waals surface area (Å²) < 4.78 is 0. The van der Waals surface area contributed by atoms with Gasteiger partial charge in [0.05, 0.1) is 6.54 Å². The van der Waals surface area contributed by atoms with Crippen LogP contribution in [0.15, 0.2) is 53.3 Å². The molecule has 2 N–H and O–H groups in total. The first-order chi connectivity index (χ1) is 19.6. The van der Waals surface area contributed by atoms with E-state index < -0.39 is 0 Å². The Morgan fingerprint density at radius 1 is 1.00 bits per heavy atom. The van der Waals surface area contributed by atoms with Gasteiger partial charge in [0, 0.05) is 30.7 Å². The monoisotopic (exact) mass is 578 g/mol. The maximum atomic E-state index is 12.9. The summed E-state index contributed by atoms with van der Waals surface area (Å²) in [5.74, 6) is 0.167. The third kappa shape index (κ3) is 12.6. The number of nitrogens with zero attached hydrogens (tertiary/aromatic N) is 2. The van der Waals surface area contributed by atoms with Crippen LogP contribution in [0.3, 0.4) is 0 Å². The van der Waals surface area contributed by atoms with E-state index in [1.165, 1.54) is 56.2 Å². The van der Waals surface area contributed by atoms with Crippen molar-refractivity contribution in [3.05, 3.63) is 81.1 Å². The zero-order chi connectivity index (χ0) is 30.2. The second-order valence-electron chi connectivity index (χ2n) is 11.1. The standard InChI is InChI=1S/C28H36N4OS.C3H6O.C3H8/c1-21-17-24-19-25(27(33)30-26(24)18-22(21)2)20-32(16-15-31-13-7-4-8-14-31)28(34)29-12-11-23-9-5-3-6-10-23;1-3(2)4;1-3-2/h3,5-6,9-10,17-19H,4,7-8,11-16,20H2,1-2H3,(H,29,34)(H,30,33);1-2H3;3H2,1-2H3. The van der Waals surface area contributed by atoms with Crippen LogP contribution in [0.25, 0.3) is 10.9 Å². The maximum Gasteiger partial charge on any atom is 0.253 e. The number of rotatable bonds is 8. The number of Topliss-reactive ketones (excluding diaryl/α,β-unsaturated/α-hetero) is 1. The van der Waals surface area contributed by atoms with Gasteiger partial charge in [0.25, 0.3) is 5.56 Å². The molecule has 0 unspecified atom stereocenters. The van der Waals surface area contributed by atoms with Crippen LogP contribution in [0.1, 0.15) is 75.6 Å². The molecule has 1 aliphatic heterocycles. The summed E-state index contributed by atoms with van der Waals surface area (Å²) in [7, 11) is 0. The Morgan fingerprint density at radius 2 is 1.61 bits per heavy atom. The van der Waals surface area contributed by atoms with Gasteiger partial charge < -0.3 is 24.9 Å². The van der Waals surface area contributed by atoms with Crippen LogP contribution >= 0.6 is 12.2 Å². The summed E-state index contributed by atoms with van der Waals surface area (Å²) in [6.45, 7) is 16.8. The van der Waals surface area contributed by atoms with Gasteiger partial charge in [-0.3, -0.25) is 4.79 Å². The van der Waals surface area contributed by atoms with Gasteiger partial charge >= 0.3 is 0 Å². The Labute approximate surface area is 252 Å². The summed E-state index contributed by atoms with van der Waals surface area (Å²) in [5, 5.41) is 5.22. The minimum atomic E-state index is -0.0363. The highest BCUT2D eigenvalue weighted by molar-refractivity contribution is 7.80. The number of hydrogen-bond acceptors (Lipinski definition) is 4. The molecule has 2 aromatic carbocycles. The number of carbonyl (C=O) groups is 1. The highest BCUT2D eigenvalue weighted by Crippen LogP contribution is 2.18. The van der Waals surface area contributed by atoms with Crippen molar-refractivity contribution in [2.75, 3.05) is 32.7 Å². The van der Waals surface area contributed by atoms with E-state index in [-0.39, 0.29) is 11.3 Å². The summed E-state index contributed by atoms with van der Waals surface area (Å²) >= 11 is 5.82. The fourth-order valence-corrected chi connectivity index (χ4v) is 4.87. The lowest BCUT2D eigenvalue weighted by atomic mass is 10.0. The number of aromatic nitrogens is 1. The number of carbonyl (C=O) groups excluding carboxylic acids is 1. The molecule has 6 nitrogen and oxygen atoms in total. The predicted octanol–water partition coefficient (Wildman–Crippen LogP) is 6.56. The van der Waals surface area contributed by atoms with E-state index in [1.54, 1.807) is 0 Å². The average molecular weight is 579 g/mol. The first-order valence-electron chi connectivity index (χ1n) is 15.0. The summed E-state index contributed by atoms with van der Waals surface area (Å²) in [6, 6.07) is 16.7. The van der Waals surface area contributed by atoms with Crippen LogP contribution in [0.4, 0.5) is 0 Å². The van der Waals surface area contributed by atoms with Crippen molar-refractivity contribution in [2.45, 2.75) is 80.2 Å². The highest BCUT2D eigenvalue weighted by Gasteiger charge is 2.16. The Morgan fingerprint density at radius 3 is 2.24 bits per heavy atom. The van der Waals surface area contributed by atoms with Crippen molar-refractivity contribution in [1.29, 1.82) is 0 Å². The minimum Gasteiger partial charge on any atom is -0.362 e. The third-order valence-electron chi connectivity index (χ3n) is 6.85. The number of ketones is 1. The van der Waals surface area contributed by atoms with E-state index in [4.69, 9.17) is 12.2 Å². The molecule has 0 radical (unpaired) electrons. The van der Waals surface area contributed by atoms with Gasteiger partial charge in [-0.25, -0.2) is 0 Å². The quantitative estimate of drug-likeness (QED) is 0.295. The molecule has 0 saturated carbocycles. The van der Waals surface area contributed by atoms with Crippen LogP contribution < -0.4 is 10.9 Å². The molecule has 41 heavy (non-hydrogen) atoms. The van der Waals surface area contributed by atoms with Crippen LogP contribution in [-0.2, 0) is 17.8 Å². The molecule has 0 aliphatic carbocycles. The smallest absolute Gasteiger partial charge is 0.253 e. The molecule has 224 valence electrons. The molecule has 0 amide bonds. The van der Waals surface area contributed by atoms with Gasteiger partial charge in [0.2, 0.25) is 0 Å². The number of aryl methyl sites for hydroxylation is 2. The van der Waals surface area contributed by atoms with Crippen LogP contribution in [0.2, 0.25) is 0 Å². The lowest BCUT2D eigenvalue weighted by Crippen LogP contribution is -2.45. The van der Waals surface area contributed by atoms with Crippen molar-refractivity contribution in [3.8, 4) is 0 Å². The van der Waals surface area contributed by atoms with Crippen LogP contribution in [0, 0.1) is 13.8 Å². The van der Waals surface area contributed by atoms with Gasteiger partial charge in [-0.1, -0.05) is 57.0 Å². The summed E-state index contributed by atoms with van der Waals surface area (Å²) in [6.07, 6.45) is 6.02. The van der Waals surface area contributed by atoms with Gasteiger partial charge in [-0.15, -0.1) is 0 Å². The maximum absolute atomic E-state index is 12.9. The van der Waals surface area contributed by atoms with E-state index in [2.05, 4.69) is 84.2 Å². The zero-order valence-corrected chi connectivity index (χ0v) is 26.8. The molecular formula is C34H50N4O2S. The Hall–Kier alpha value is -3.03. The molecule has 4 rings (SSSR count). The zero-order valence-electron chi connectivity index (χ0n) is 26.0. The largest absolute Gasteiger partial charge is 0.362 e. The molecule has 0 bridgehead atoms. The molecule has 1 aliphatic rings. The van der Waals surface area contributed by atoms with Crippen LogP contribution in [-0.4, -0.2) is 58.4 Å².